The van der Waals surface area contributed by atoms with Gasteiger partial charge in [0.2, 0.25) is 0 Å². The number of ether oxygens (including phenoxy) is 1. The molecule has 142 valence electrons. The number of hydrogen-bond acceptors (Lipinski definition) is 2. The Bertz CT molecular complexity index is 649. The Morgan fingerprint density at radius 1 is 1.00 bits per heavy atom. The largest absolute Gasteiger partial charge is 0.463 e. The van der Waals surface area contributed by atoms with Crippen molar-refractivity contribution in [3.05, 3.63) is 24.3 Å². The normalized spacial score (nSPS) is 51.8. The second-order valence-electron chi connectivity index (χ2n) is 10.2. The van der Waals surface area contributed by atoms with Crippen LogP contribution >= 0.6 is 0 Å². The molecule has 0 aromatic rings. The molecular formula is C24H34O2. The van der Waals surface area contributed by atoms with E-state index in [0.29, 0.717) is 10.8 Å². The summed E-state index contributed by atoms with van der Waals surface area (Å²) >= 11 is 0. The van der Waals surface area contributed by atoms with E-state index in [0.717, 1.165) is 42.4 Å². The van der Waals surface area contributed by atoms with Crippen LogP contribution in [-0.4, -0.2) is 12.1 Å². The van der Waals surface area contributed by atoms with Crippen LogP contribution in [0.2, 0.25) is 0 Å². The Labute approximate surface area is 158 Å². The number of fused-ring (bicyclic) bond motifs is 4. The number of carbonyl (C=O) groups excluding carboxylic acids is 1. The Hall–Kier alpha value is -1.05. The topological polar surface area (TPSA) is 26.3 Å². The first-order chi connectivity index (χ1) is 12.5. The third-order valence-corrected chi connectivity index (χ3v) is 9.47. The summed E-state index contributed by atoms with van der Waals surface area (Å²) in [5.74, 6) is 4.21. The predicted molar refractivity (Wildman–Crippen MR) is 103 cm³/mol. The van der Waals surface area contributed by atoms with Gasteiger partial charge in [-0.15, -0.1) is 0 Å². The molecule has 0 radical (unpaired) electrons. The Kier molecular flexibility index (Phi) is 3.92. The number of esters is 1. The molecule has 2 heteroatoms. The summed E-state index contributed by atoms with van der Waals surface area (Å²) in [6.45, 7) is 4.16. The van der Waals surface area contributed by atoms with Crippen LogP contribution < -0.4 is 0 Å². The van der Waals surface area contributed by atoms with Crippen molar-refractivity contribution in [1.82, 2.24) is 0 Å². The SMILES string of the molecule is CC(=O)O[C@@H]1CC[C@@]2(C)[C@@H](CC[C@@H]3[C@@H]2CC[C@@]24C=CC=C[C@H]2CC[C@@H]34)C1. The molecule has 0 aromatic carbocycles. The molecule has 5 rings (SSSR count). The first-order valence-corrected chi connectivity index (χ1v) is 11.1. The minimum absolute atomic E-state index is 0.0963. The van der Waals surface area contributed by atoms with Gasteiger partial charge in [0.15, 0.2) is 0 Å². The summed E-state index contributed by atoms with van der Waals surface area (Å²) in [6.07, 6.45) is 21.8. The van der Waals surface area contributed by atoms with Crippen LogP contribution in [0.4, 0.5) is 0 Å². The van der Waals surface area contributed by atoms with Crippen molar-refractivity contribution in [2.45, 2.75) is 77.7 Å². The number of hydrogen-bond donors (Lipinski definition) is 0. The van der Waals surface area contributed by atoms with Gasteiger partial charge in [-0.3, -0.25) is 4.79 Å². The molecule has 26 heavy (non-hydrogen) atoms. The molecule has 2 nitrogen and oxygen atoms in total. The average molecular weight is 355 g/mol. The molecule has 5 aliphatic rings. The molecule has 0 unspecified atom stereocenters. The fourth-order valence-corrected chi connectivity index (χ4v) is 8.37. The highest BCUT2D eigenvalue weighted by molar-refractivity contribution is 5.66. The predicted octanol–water partition coefficient (Wildman–Crippen LogP) is 5.68. The van der Waals surface area contributed by atoms with Crippen molar-refractivity contribution >= 4 is 5.97 Å². The van der Waals surface area contributed by atoms with Gasteiger partial charge in [0, 0.05) is 6.92 Å². The minimum atomic E-state index is -0.0963. The minimum Gasteiger partial charge on any atom is -0.463 e. The van der Waals surface area contributed by atoms with Crippen molar-refractivity contribution in [2.75, 3.05) is 0 Å². The van der Waals surface area contributed by atoms with Crippen molar-refractivity contribution < 1.29 is 9.53 Å². The molecule has 0 aliphatic heterocycles. The van der Waals surface area contributed by atoms with Crippen LogP contribution in [0.25, 0.3) is 0 Å². The zero-order chi connectivity index (χ0) is 17.9. The highest BCUT2D eigenvalue weighted by atomic mass is 16.5. The van der Waals surface area contributed by atoms with Gasteiger partial charge in [-0.2, -0.15) is 0 Å². The second kappa shape index (κ2) is 5.97. The lowest BCUT2D eigenvalue weighted by Crippen LogP contribution is -2.54. The summed E-state index contributed by atoms with van der Waals surface area (Å²) in [6, 6.07) is 0. The molecule has 0 saturated heterocycles. The standard InChI is InChI=1S/C24H34O2/c1-16(25)26-19-10-13-23(2)18(15-19)6-8-20-21(23)11-14-24-12-4-3-5-17(24)7-9-22(20)24/h3-5,12,17-22H,6-11,13-15H2,1-2H3/t17-,18-,19+,20+,21-,22-,23-,24-/m0/s1. The number of carbonyl (C=O) groups is 1. The maximum Gasteiger partial charge on any atom is 0.302 e. The van der Waals surface area contributed by atoms with Gasteiger partial charge in [-0.25, -0.2) is 0 Å². The van der Waals surface area contributed by atoms with E-state index in [-0.39, 0.29) is 12.1 Å². The Morgan fingerprint density at radius 3 is 2.73 bits per heavy atom. The summed E-state index contributed by atoms with van der Waals surface area (Å²) in [5, 5.41) is 0. The lowest BCUT2D eigenvalue weighted by Gasteiger charge is -2.61. The molecule has 1 spiro atoms. The summed E-state index contributed by atoms with van der Waals surface area (Å²) in [7, 11) is 0. The molecule has 0 amide bonds. The molecule has 0 bridgehead atoms. The van der Waals surface area contributed by atoms with E-state index >= 15 is 0 Å². The smallest absolute Gasteiger partial charge is 0.302 e. The first-order valence-electron chi connectivity index (χ1n) is 11.1. The van der Waals surface area contributed by atoms with Crippen LogP contribution in [0, 0.1) is 40.4 Å². The van der Waals surface area contributed by atoms with Crippen molar-refractivity contribution in [3.63, 3.8) is 0 Å². The first kappa shape index (κ1) is 17.1. The van der Waals surface area contributed by atoms with E-state index in [1.807, 2.05) is 0 Å². The highest BCUT2D eigenvalue weighted by Crippen LogP contribution is 2.68. The average Bonchev–Trinajstić information content (AvgIpc) is 3.01. The Balaban J connectivity index is 1.38. The van der Waals surface area contributed by atoms with Gasteiger partial charge < -0.3 is 4.74 Å². The maximum absolute atomic E-state index is 11.4. The molecule has 5 aliphatic carbocycles. The molecule has 0 N–H and O–H groups in total. The monoisotopic (exact) mass is 354 g/mol. The number of allylic oxidation sites excluding steroid dienone is 4. The maximum atomic E-state index is 11.4. The van der Waals surface area contributed by atoms with Crippen molar-refractivity contribution in [2.24, 2.45) is 40.4 Å². The summed E-state index contributed by atoms with van der Waals surface area (Å²) in [4.78, 5) is 11.4. The van der Waals surface area contributed by atoms with E-state index in [2.05, 4.69) is 31.2 Å². The lowest BCUT2D eigenvalue weighted by molar-refractivity contribution is -0.158. The summed E-state index contributed by atoms with van der Waals surface area (Å²) < 4.78 is 5.60. The van der Waals surface area contributed by atoms with Gasteiger partial charge in [0.25, 0.3) is 0 Å². The van der Waals surface area contributed by atoms with Crippen LogP contribution in [-0.2, 0) is 9.53 Å². The van der Waals surface area contributed by atoms with Gasteiger partial charge in [-0.1, -0.05) is 31.2 Å². The zero-order valence-corrected chi connectivity index (χ0v) is 16.5. The number of rotatable bonds is 1. The molecule has 0 heterocycles. The van der Waals surface area contributed by atoms with Crippen molar-refractivity contribution in [1.29, 1.82) is 0 Å². The van der Waals surface area contributed by atoms with Gasteiger partial charge in [0.1, 0.15) is 6.10 Å². The van der Waals surface area contributed by atoms with Crippen LogP contribution in [0.1, 0.15) is 71.6 Å². The highest BCUT2D eigenvalue weighted by Gasteiger charge is 2.60. The van der Waals surface area contributed by atoms with Crippen molar-refractivity contribution in [3.8, 4) is 0 Å². The van der Waals surface area contributed by atoms with Crippen LogP contribution in [0.15, 0.2) is 24.3 Å². The molecular weight excluding hydrogens is 320 g/mol. The summed E-state index contributed by atoms with van der Waals surface area (Å²) in [5.41, 5.74) is 0.974. The lowest BCUT2D eigenvalue weighted by atomic mass is 9.44. The second-order valence-corrected chi connectivity index (χ2v) is 10.2. The molecule has 4 saturated carbocycles. The van der Waals surface area contributed by atoms with E-state index in [9.17, 15) is 4.79 Å². The molecule has 8 atom stereocenters. The van der Waals surface area contributed by atoms with E-state index in [4.69, 9.17) is 4.74 Å². The van der Waals surface area contributed by atoms with E-state index < -0.39 is 0 Å². The fourth-order valence-electron chi connectivity index (χ4n) is 8.37. The van der Waals surface area contributed by atoms with Gasteiger partial charge in [-0.05, 0) is 98.2 Å². The molecule has 0 aromatic heterocycles. The van der Waals surface area contributed by atoms with E-state index in [1.165, 1.54) is 44.9 Å². The van der Waals surface area contributed by atoms with E-state index in [1.54, 1.807) is 6.92 Å². The Morgan fingerprint density at radius 2 is 1.88 bits per heavy atom. The zero-order valence-electron chi connectivity index (χ0n) is 16.5. The molecule has 4 fully saturated rings. The van der Waals surface area contributed by atoms with Gasteiger partial charge >= 0.3 is 5.97 Å². The fraction of sp³-hybridized carbons (Fsp3) is 0.792. The quantitative estimate of drug-likeness (QED) is 0.566. The van der Waals surface area contributed by atoms with Crippen LogP contribution in [0.3, 0.4) is 0 Å². The third-order valence-electron chi connectivity index (χ3n) is 9.47. The van der Waals surface area contributed by atoms with Crippen LogP contribution in [0.5, 0.6) is 0 Å². The third kappa shape index (κ3) is 2.33. The van der Waals surface area contributed by atoms with Gasteiger partial charge in [0.05, 0.1) is 0 Å².